The van der Waals surface area contributed by atoms with Gasteiger partial charge >= 0.3 is 6.03 Å². The fraction of sp³-hybridized carbons (Fsp3) is 0.179. The zero-order chi connectivity index (χ0) is 25.9. The number of aromatic nitrogens is 2. The number of rotatable bonds is 5. The maximum Gasteiger partial charge on any atom is 0.326 e. The van der Waals surface area contributed by atoms with Crippen LogP contribution in [0.2, 0.25) is 15.2 Å². The molecule has 3 heterocycles. The Kier molecular flexibility index (Phi) is 7.50. The normalized spacial score (nSPS) is 13.6. The predicted octanol–water partition coefficient (Wildman–Crippen LogP) is 6.70. The van der Waals surface area contributed by atoms with Crippen LogP contribution in [0.5, 0.6) is 0 Å². The van der Waals surface area contributed by atoms with E-state index in [1.165, 1.54) is 0 Å². The number of nitriles is 1. The molecule has 1 aliphatic rings. The smallest absolute Gasteiger partial charge is 0.326 e. The number of hydrogen-bond donors (Lipinski definition) is 1. The molecule has 1 aliphatic heterocycles. The summed E-state index contributed by atoms with van der Waals surface area (Å²) in [5.74, 6) is 0. The Morgan fingerprint density at radius 2 is 1.97 bits per heavy atom. The van der Waals surface area contributed by atoms with E-state index in [0.29, 0.717) is 40.3 Å². The molecule has 1 N–H and O–H groups in total. The Morgan fingerprint density at radius 3 is 2.76 bits per heavy atom. The van der Waals surface area contributed by atoms with E-state index in [2.05, 4.69) is 27.3 Å². The molecule has 37 heavy (non-hydrogen) atoms. The highest BCUT2D eigenvalue weighted by Crippen LogP contribution is 2.32. The SMILES string of the molecule is N#Cc1ccc2c3c(n(C(=O)NCc4ccnc(Cl)c4)c2c1)CCN(CC=Cc1ccc(Cl)c(Cl)c1)C3. The number of carbonyl (C=O) groups is 1. The second kappa shape index (κ2) is 11.0. The average Bonchev–Trinajstić information content (AvgIpc) is 3.22. The number of hydrogen-bond acceptors (Lipinski definition) is 4. The first-order valence-corrected chi connectivity index (χ1v) is 12.8. The van der Waals surface area contributed by atoms with E-state index in [-0.39, 0.29) is 6.03 Å². The number of carbonyl (C=O) groups excluding carboxylic acids is 1. The van der Waals surface area contributed by atoms with Crippen LogP contribution in [0.4, 0.5) is 4.79 Å². The zero-order valence-corrected chi connectivity index (χ0v) is 22.0. The van der Waals surface area contributed by atoms with Gasteiger partial charge in [-0.1, -0.05) is 59.1 Å². The van der Waals surface area contributed by atoms with Crippen molar-refractivity contribution in [3.8, 4) is 6.07 Å². The number of pyridine rings is 1. The number of amides is 1. The van der Waals surface area contributed by atoms with Gasteiger partial charge in [0.15, 0.2) is 0 Å². The summed E-state index contributed by atoms with van der Waals surface area (Å²) in [7, 11) is 0. The first-order chi connectivity index (χ1) is 17.9. The number of fused-ring (bicyclic) bond motifs is 3. The molecule has 0 spiro atoms. The van der Waals surface area contributed by atoms with Gasteiger partial charge in [-0.2, -0.15) is 5.26 Å². The van der Waals surface area contributed by atoms with Gasteiger partial charge in [-0.3, -0.25) is 9.47 Å². The molecule has 0 bridgehead atoms. The lowest BCUT2D eigenvalue weighted by atomic mass is 10.0. The van der Waals surface area contributed by atoms with Crippen LogP contribution in [-0.2, 0) is 19.5 Å². The van der Waals surface area contributed by atoms with Crippen LogP contribution in [0.3, 0.4) is 0 Å². The minimum atomic E-state index is -0.234. The molecule has 5 rings (SSSR count). The van der Waals surface area contributed by atoms with Crippen molar-refractivity contribution >= 4 is 57.8 Å². The molecule has 0 atom stereocenters. The maximum atomic E-state index is 13.4. The third-order valence-corrected chi connectivity index (χ3v) is 7.36. The Labute approximate surface area is 229 Å². The standard InChI is InChI=1S/C28H22Cl3N5O/c29-23-6-4-18(12-24(23)30)2-1-10-35-11-8-25-22(17-35)21-5-3-19(15-32)13-26(21)36(25)28(37)34-16-20-7-9-33-27(31)14-20/h1-7,9,12-14H,8,10-11,16-17H2,(H,34,37). The number of halogens is 3. The van der Waals surface area contributed by atoms with E-state index >= 15 is 0 Å². The third kappa shape index (κ3) is 5.51. The van der Waals surface area contributed by atoms with Crippen molar-refractivity contribution in [2.45, 2.75) is 19.5 Å². The lowest BCUT2D eigenvalue weighted by Crippen LogP contribution is -2.34. The molecule has 0 radical (unpaired) electrons. The van der Waals surface area contributed by atoms with Crippen molar-refractivity contribution in [3.63, 3.8) is 0 Å². The molecule has 0 fully saturated rings. The van der Waals surface area contributed by atoms with E-state index in [4.69, 9.17) is 34.8 Å². The highest BCUT2D eigenvalue weighted by molar-refractivity contribution is 6.42. The van der Waals surface area contributed by atoms with Crippen LogP contribution in [0.25, 0.3) is 17.0 Å². The molecule has 1 amide bonds. The van der Waals surface area contributed by atoms with E-state index in [1.807, 2.05) is 30.3 Å². The largest absolute Gasteiger partial charge is 0.333 e. The molecule has 2 aromatic carbocycles. The lowest BCUT2D eigenvalue weighted by molar-refractivity contribution is 0.240. The minimum absolute atomic E-state index is 0.234. The Bertz CT molecular complexity index is 1570. The van der Waals surface area contributed by atoms with Crippen LogP contribution >= 0.6 is 34.8 Å². The molecule has 0 saturated carbocycles. The van der Waals surface area contributed by atoms with Gasteiger partial charge in [0.1, 0.15) is 5.15 Å². The molecular weight excluding hydrogens is 529 g/mol. The Morgan fingerprint density at radius 1 is 1.11 bits per heavy atom. The summed E-state index contributed by atoms with van der Waals surface area (Å²) in [6, 6.07) is 16.6. The quantitative estimate of drug-likeness (QED) is 0.281. The van der Waals surface area contributed by atoms with E-state index in [9.17, 15) is 10.1 Å². The van der Waals surface area contributed by atoms with Gasteiger partial charge in [0.05, 0.1) is 27.2 Å². The number of nitrogens with zero attached hydrogens (tertiary/aromatic N) is 4. The van der Waals surface area contributed by atoms with Gasteiger partial charge < -0.3 is 5.32 Å². The van der Waals surface area contributed by atoms with Crippen LogP contribution in [0.1, 0.15) is 27.9 Å². The first-order valence-electron chi connectivity index (χ1n) is 11.7. The van der Waals surface area contributed by atoms with E-state index in [1.54, 1.807) is 35.0 Å². The topological polar surface area (TPSA) is 74.0 Å². The van der Waals surface area contributed by atoms with Gasteiger partial charge in [0.25, 0.3) is 0 Å². The molecule has 0 saturated heterocycles. The minimum Gasteiger partial charge on any atom is -0.333 e. The zero-order valence-electron chi connectivity index (χ0n) is 19.7. The van der Waals surface area contributed by atoms with Crippen LogP contribution in [0.15, 0.2) is 60.8 Å². The van der Waals surface area contributed by atoms with Crippen LogP contribution in [0, 0.1) is 11.3 Å². The number of nitrogens with one attached hydrogen (secondary N) is 1. The van der Waals surface area contributed by atoms with Gasteiger partial charge in [-0.25, -0.2) is 9.78 Å². The summed E-state index contributed by atoms with van der Waals surface area (Å²) in [6.07, 6.45) is 6.45. The van der Waals surface area contributed by atoms with Crippen molar-refractivity contribution in [3.05, 3.63) is 104 Å². The van der Waals surface area contributed by atoms with E-state index < -0.39 is 0 Å². The fourth-order valence-corrected chi connectivity index (χ4v) is 5.14. The molecule has 0 unspecified atom stereocenters. The second-order valence-electron chi connectivity index (χ2n) is 8.81. The van der Waals surface area contributed by atoms with Crippen molar-refractivity contribution in [2.24, 2.45) is 0 Å². The molecular formula is C28H22Cl3N5O. The molecule has 2 aromatic heterocycles. The highest BCUT2D eigenvalue weighted by atomic mass is 35.5. The number of benzene rings is 2. The van der Waals surface area contributed by atoms with Crippen molar-refractivity contribution < 1.29 is 4.79 Å². The monoisotopic (exact) mass is 549 g/mol. The summed E-state index contributed by atoms with van der Waals surface area (Å²) in [5, 5.41) is 14.9. The first kappa shape index (κ1) is 25.3. The van der Waals surface area contributed by atoms with Crippen molar-refractivity contribution in [1.29, 1.82) is 5.26 Å². The second-order valence-corrected chi connectivity index (χ2v) is 10.0. The summed E-state index contributed by atoms with van der Waals surface area (Å²) >= 11 is 18.1. The van der Waals surface area contributed by atoms with Crippen molar-refractivity contribution in [2.75, 3.05) is 13.1 Å². The maximum absolute atomic E-state index is 13.4. The third-order valence-electron chi connectivity index (χ3n) is 6.41. The highest BCUT2D eigenvalue weighted by Gasteiger charge is 2.26. The average molecular weight is 551 g/mol. The van der Waals surface area contributed by atoms with Crippen LogP contribution < -0.4 is 5.32 Å². The summed E-state index contributed by atoms with van der Waals surface area (Å²) in [4.78, 5) is 19.7. The molecule has 186 valence electrons. The van der Waals surface area contributed by atoms with E-state index in [0.717, 1.165) is 46.4 Å². The predicted molar refractivity (Wildman–Crippen MR) is 148 cm³/mol. The van der Waals surface area contributed by atoms with Gasteiger partial charge in [-0.15, -0.1) is 0 Å². The van der Waals surface area contributed by atoms with Gasteiger partial charge in [0, 0.05) is 49.9 Å². The van der Waals surface area contributed by atoms with Crippen molar-refractivity contribution in [1.82, 2.24) is 19.8 Å². The summed E-state index contributed by atoms with van der Waals surface area (Å²) < 4.78 is 1.72. The summed E-state index contributed by atoms with van der Waals surface area (Å²) in [6.45, 7) is 2.56. The Balaban J connectivity index is 1.39. The molecule has 6 nitrogen and oxygen atoms in total. The fourth-order valence-electron chi connectivity index (χ4n) is 4.63. The van der Waals surface area contributed by atoms with Gasteiger partial charge in [0.2, 0.25) is 0 Å². The molecule has 9 heteroatoms. The van der Waals surface area contributed by atoms with Gasteiger partial charge in [-0.05, 0) is 53.1 Å². The molecule has 4 aromatic rings. The summed E-state index contributed by atoms with van der Waals surface area (Å²) in [5.41, 5.74) is 5.17. The molecule has 0 aliphatic carbocycles. The Hall–Kier alpha value is -3.34. The van der Waals surface area contributed by atoms with Crippen LogP contribution in [-0.4, -0.2) is 33.6 Å². The lowest BCUT2D eigenvalue weighted by Gasteiger charge is -2.27.